The number of carboxylic acids is 1. The zero-order valence-electron chi connectivity index (χ0n) is 12.9. The van der Waals surface area contributed by atoms with Gasteiger partial charge < -0.3 is 10.4 Å². The van der Waals surface area contributed by atoms with E-state index in [1.165, 1.54) is 35.5 Å². The third-order valence-electron chi connectivity index (χ3n) is 3.42. The molecule has 0 spiro atoms. The maximum Gasteiger partial charge on any atom is 0.307 e. The van der Waals surface area contributed by atoms with E-state index in [1.807, 2.05) is 0 Å². The van der Waals surface area contributed by atoms with Crippen LogP contribution in [0.25, 0.3) is 5.69 Å². The van der Waals surface area contributed by atoms with E-state index in [2.05, 4.69) is 15.4 Å². The van der Waals surface area contributed by atoms with Crippen LogP contribution in [0.3, 0.4) is 0 Å². The normalized spacial score (nSPS) is 10.4. The summed E-state index contributed by atoms with van der Waals surface area (Å²) in [6.45, 7) is 0. The lowest BCUT2D eigenvalue weighted by Crippen LogP contribution is -2.13. The number of carboxylic acid groups (broad SMARTS) is 1. The van der Waals surface area contributed by atoms with Crippen molar-refractivity contribution in [1.29, 1.82) is 0 Å². The van der Waals surface area contributed by atoms with Crippen molar-refractivity contribution < 1.29 is 19.1 Å². The third kappa shape index (κ3) is 3.86. The second-order valence-electron chi connectivity index (χ2n) is 5.23. The SMILES string of the molecule is O=C(O)Cc1cccc(C(=O)Nc2ccc(-n3cncn3)c(F)c2)c1. The van der Waals surface area contributed by atoms with Gasteiger partial charge in [-0.2, -0.15) is 5.10 Å². The number of anilines is 1. The monoisotopic (exact) mass is 340 g/mol. The van der Waals surface area contributed by atoms with Gasteiger partial charge in [0.25, 0.3) is 5.91 Å². The standard InChI is InChI=1S/C17H13FN4O3/c18-14-8-13(4-5-15(14)22-10-19-9-20-22)21-17(25)12-3-1-2-11(6-12)7-16(23)24/h1-6,8-10H,7H2,(H,21,25)(H,23,24). The molecule has 1 heterocycles. The van der Waals surface area contributed by atoms with Crippen molar-refractivity contribution in [2.75, 3.05) is 5.32 Å². The molecule has 1 aromatic heterocycles. The summed E-state index contributed by atoms with van der Waals surface area (Å²) in [4.78, 5) is 26.8. The molecule has 25 heavy (non-hydrogen) atoms. The van der Waals surface area contributed by atoms with E-state index >= 15 is 0 Å². The third-order valence-corrected chi connectivity index (χ3v) is 3.42. The van der Waals surface area contributed by atoms with Gasteiger partial charge in [-0.05, 0) is 35.9 Å². The first kappa shape index (κ1) is 16.3. The van der Waals surface area contributed by atoms with E-state index in [-0.39, 0.29) is 17.8 Å². The molecule has 7 nitrogen and oxygen atoms in total. The number of carbonyl (C=O) groups is 2. The van der Waals surface area contributed by atoms with Crippen molar-refractivity contribution >= 4 is 17.6 Å². The minimum atomic E-state index is -0.983. The van der Waals surface area contributed by atoms with Crippen molar-refractivity contribution in [3.63, 3.8) is 0 Å². The Morgan fingerprint density at radius 3 is 2.72 bits per heavy atom. The Morgan fingerprint density at radius 1 is 1.20 bits per heavy atom. The van der Waals surface area contributed by atoms with Crippen molar-refractivity contribution in [3.05, 3.63) is 72.1 Å². The number of hydrogen-bond acceptors (Lipinski definition) is 4. The Morgan fingerprint density at radius 2 is 2.04 bits per heavy atom. The molecular weight excluding hydrogens is 327 g/mol. The number of nitrogens with one attached hydrogen (secondary N) is 1. The summed E-state index contributed by atoms with van der Waals surface area (Å²) < 4.78 is 15.4. The molecule has 3 aromatic rings. The molecule has 126 valence electrons. The van der Waals surface area contributed by atoms with Crippen LogP contribution in [-0.4, -0.2) is 31.7 Å². The number of amides is 1. The van der Waals surface area contributed by atoms with Gasteiger partial charge in [-0.15, -0.1) is 0 Å². The predicted molar refractivity (Wildman–Crippen MR) is 87.1 cm³/mol. The van der Waals surface area contributed by atoms with E-state index in [0.717, 1.165) is 0 Å². The zero-order valence-corrected chi connectivity index (χ0v) is 12.9. The van der Waals surface area contributed by atoms with E-state index in [1.54, 1.807) is 24.3 Å². The minimum absolute atomic E-state index is 0.178. The minimum Gasteiger partial charge on any atom is -0.481 e. The van der Waals surface area contributed by atoms with Crippen LogP contribution in [0.2, 0.25) is 0 Å². The number of nitrogens with zero attached hydrogens (tertiary/aromatic N) is 3. The molecule has 2 N–H and O–H groups in total. The van der Waals surface area contributed by atoms with Crippen LogP contribution < -0.4 is 5.32 Å². The maximum atomic E-state index is 14.2. The van der Waals surface area contributed by atoms with Crippen molar-refractivity contribution in [3.8, 4) is 5.69 Å². The van der Waals surface area contributed by atoms with Crippen molar-refractivity contribution in [2.45, 2.75) is 6.42 Å². The quantitative estimate of drug-likeness (QED) is 0.743. The molecule has 0 fully saturated rings. The number of aromatic nitrogens is 3. The van der Waals surface area contributed by atoms with Crippen LogP contribution in [0.1, 0.15) is 15.9 Å². The summed E-state index contributed by atoms with van der Waals surface area (Å²) in [5.41, 5.74) is 1.28. The van der Waals surface area contributed by atoms with Gasteiger partial charge in [0.1, 0.15) is 18.3 Å². The van der Waals surface area contributed by atoms with E-state index in [4.69, 9.17) is 5.11 Å². The summed E-state index contributed by atoms with van der Waals surface area (Å²) in [5.74, 6) is -2.01. The molecule has 0 saturated carbocycles. The highest BCUT2D eigenvalue weighted by atomic mass is 19.1. The van der Waals surface area contributed by atoms with Crippen LogP contribution in [0.5, 0.6) is 0 Å². The first-order valence-electron chi connectivity index (χ1n) is 7.29. The molecule has 0 saturated heterocycles. The fraction of sp³-hybridized carbons (Fsp3) is 0.0588. The fourth-order valence-corrected chi connectivity index (χ4v) is 2.30. The Kier molecular flexibility index (Phi) is 4.51. The molecular formula is C17H13FN4O3. The summed E-state index contributed by atoms with van der Waals surface area (Å²) in [6.07, 6.45) is 2.48. The van der Waals surface area contributed by atoms with Gasteiger partial charge in [0, 0.05) is 11.3 Å². The average molecular weight is 340 g/mol. The Bertz CT molecular complexity index is 925. The van der Waals surface area contributed by atoms with Gasteiger partial charge in [-0.3, -0.25) is 9.59 Å². The first-order valence-corrected chi connectivity index (χ1v) is 7.29. The van der Waals surface area contributed by atoms with Crippen LogP contribution >= 0.6 is 0 Å². The number of halogens is 1. The van der Waals surface area contributed by atoms with E-state index < -0.39 is 17.7 Å². The molecule has 0 aliphatic heterocycles. The number of carbonyl (C=O) groups excluding carboxylic acids is 1. The summed E-state index contributed by atoms with van der Waals surface area (Å²) >= 11 is 0. The highest BCUT2D eigenvalue weighted by Crippen LogP contribution is 2.18. The lowest BCUT2D eigenvalue weighted by molar-refractivity contribution is -0.136. The largest absolute Gasteiger partial charge is 0.481 e. The maximum absolute atomic E-state index is 14.2. The molecule has 8 heteroatoms. The number of rotatable bonds is 5. The lowest BCUT2D eigenvalue weighted by atomic mass is 10.1. The van der Waals surface area contributed by atoms with Crippen LogP contribution in [0.15, 0.2) is 55.1 Å². The van der Waals surface area contributed by atoms with Gasteiger partial charge in [-0.1, -0.05) is 12.1 Å². The van der Waals surface area contributed by atoms with Crippen molar-refractivity contribution in [2.24, 2.45) is 0 Å². The summed E-state index contributed by atoms with van der Waals surface area (Å²) in [6, 6.07) is 10.5. The van der Waals surface area contributed by atoms with Gasteiger partial charge >= 0.3 is 5.97 Å². The molecule has 0 aliphatic rings. The molecule has 0 aliphatic carbocycles. The van der Waals surface area contributed by atoms with E-state index in [9.17, 15) is 14.0 Å². The fourth-order valence-electron chi connectivity index (χ4n) is 2.30. The Labute approximate surface area is 141 Å². The second-order valence-corrected chi connectivity index (χ2v) is 5.23. The lowest BCUT2D eigenvalue weighted by Gasteiger charge is -2.08. The molecule has 0 radical (unpaired) electrons. The Balaban J connectivity index is 1.77. The highest BCUT2D eigenvalue weighted by Gasteiger charge is 2.11. The smallest absolute Gasteiger partial charge is 0.307 e. The average Bonchev–Trinajstić information content (AvgIpc) is 3.09. The second kappa shape index (κ2) is 6.91. The number of aliphatic carboxylic acids is 1. The van der Waals surface area contributed by atoms with E-state index in [0.29, 0.717) is 11.1 Å². The number of hydrogen-bond donors (Lipinski definition) is 2. The molecule has 0 atom stereocenters. The number of benzene rings is 2. The van der Waals surface area contributed by atoms with Gasteiger partial charge in [0.2, 0.25) is 0 Å². The molecule has 3 rings (SSSR count). The first-order chi connectivity index (χ1) is 12.0. The molecule has 0 bridgehead atoms. The van der Waals surface area contributed by atoms with Gasteiger partial charge in [0.15, 0.2) is 5.82 Å². The summed E-state index contributed by atoms with van der Waals surface area (Å²) in [7, 11) is 0. The van der Waals surface area contributed by atoms with Crippen LogP contribution in [0.4, 0.5) is 10.1 Å². The summed E-state index contributed by atoms with van der Waals surface area (Å²) in [5, 5.41) is 15.2. The topological polar surface area (TPSA) is 97.1 Å². The van der Waals surface area contributed by atoms with Gasteiger partial charge in [-0.25, -0.2) is 14.1 Å². The Hall–Kier alpha value is -3.55. The zero-order chi connectivity index (χ0) is 17.8. The predicted octanol–water partition coefficient (Wildman–Crippen LogP) is 2.29. The highest BCUT2D eigenvalue weighted by molar-refractivity contribution is 6.04. The van der Waals surface area contributed by atoms with Crippen molar-refractivity contribution in [1.82, 2.24) is 14.8 Å². The van der Waals surface area contributed by atoms with Gasteiger partial charge in [0.05, 0.1) is 6.42 Å². The molecule has 0 unspecified atom stereocenters. The molecule has 2 aromatic carbocycles. The van der Waals surface area contributed by atoms with Crippen LogP contribution in [0, 0.1) is 5.82 Å². The van der Waals surface area contributed by atoms with Crippen LogP contribution in [-0.2, 0) is 11.2 Å². The molecule has 1 amide bonds.